The summed E-state index contributed by atoms with van der Waals surface area (Å²) in [5, 5.41) is 6.86. The summed E-state index contributed by atoms with van der Waals surface area (Å²) in [7, 11) is 0. The summed E-state index contributed by atoms with van der Waals surface area (Å²) in [5.41, 5.74) is 3.72. The molecule has 144 valence electrons. The van der Waals surface area contributed by atoms with E-state index >= 15 is 0 Å². The molecule has 1 saturated heterocycles. The molecule has 2 aromatic carbocycles. The summed E-state index contributed by atoms with van der Waals surface area (Å²) in [6, 6.07) is 15.7. The van der Waals surface area contributed by atoms with Crippen molar-refractivity contribution in [2.45, 2.75) is 26.7 Å². The second kappa shape index (κ2) is 7.84. The van der Waals surface area contributed by atoms with Gasteiger partial charge >= 0.3 is 0 Å². The quantitative estimate of drug-likeness (QED) is 0.721. The van der Waals surface area contributed by atoms with Crippen molar-refractivity contribution in [2.75, 3.05) is 23.3 Å². The van der Waals surface area contributed by atoms with E-state index in [9.17, 15) is 4.79 Å². The van der Waals surface area contributed by atoms with E-state index in [1.54, 1.807) is 0 Å². The molecule has 2 heterocycles. The predicted molar refractivity (Wildman–Crippen MR) is 110 cm³/mol. The molecule has 0 bridgehead atoms. The van der Waals surface area contributed by atoms with Gasteiger partial charge < -0.3 is 14.7 Å². The van der Waals surface area contributed by atoms with Crippen molar-refractivity contribution in [1.82, 2.24) is 10.1 Å². The van der Waals surface area contributed by atoms with E-state index in [0.29, 0.717) is 11.7 Å². The first-order valence-corrected chi connectivity index (χ1v) is 9.65. The molecule has 3 aromatic rings. The smallest absolute Gasteiger partial charge is 0.258 e. The minimum atomic E-state index is -0.102. The summed E-state index contributed by atoms with van der Waals surface area (Å²) in [5.74, 6) is 1.74. The fourth-order valence-electron chi connectivity index (χ4n) is 3.45. The number of carbonyl (C=O) groups is 1. The van der Waals surface area contributed by atoms with Crippen LogP contribution < -0.4 is 10.2 Å². The molecule has 1 aliphatic rings. The Kier molecular flexibility index (Phi) is 5.10. The van der Waals surface area contributed by atoms with Crippen molar-refractivity contribution in [1.29, 1.82) is 0 Å². The van der Waals surface area contributed by atoms with Crippen LogP contribution in [0, 0.1) is 5.92 Å². The van der Waals surface area contributed by atoms with Crippen LogP contribution in [0.5, 0.6) is 0 Å². The number of anilines is 2. The van der Waals surface area contributed by atoms with Gasteiger partial charge in [0, 0.05) is 42.5 Å². The molecule has 0 unspecified atom stereocenters. The van der Waals surface area contributed by atoms with E-state index < -0.39 is 0 Å². The number of hydrogen-bond donors (Lipinski definition) is 1. The minimum absolute atomic E-state index is 0.102. The Bertz CT molecular complexity index is 939. The fourth-order valence-corrected chi connectivity index (χ4v) is 3.45. The molecule has 1 fully saturated rings. The Balaban J connectivity index is 1.47. The molecular weight excluding hydrogens is 352 g/mol. The highest BCUT2D eigenvalue weighted by atomic mass is 16.5. The van der Waals surface area contributed by atoms with Gasteiger partial charge in [0.15, 0.2) is 0 Å². The molecule has 1 aliphatic heterocycles. The van der Waals surface area contributed by atoms with Gasteiger partial charge in [-0.1, -0.05) is 12.1 Å². The average Bonchev–Trinajstić information content (AvgIpc) is 3.19. The van der Waals surface area contributed by atoms with Crippen LogP contribution in [0.3, 0.4) is 0 Å². The van der Waals surface area contributed by atoms with Gasteiger partial charge in [0.2, 0.25) is 11.7 Å². The lowest BCUT2D eigenvalue weighted by molar-refractivity contribution is -0.114. The van der Waals surface area contributed by atoms with Crippen LogP contribution in [0.1, 0.15) is 26.7 Å². The molecular formula is C22H24N4O2. The molecule has 1 amide bonds. The number of rotatable bonds is 4. The molecule has 4 rings (SSSR count). The normalized spacial score (nSPS) is 14.9. The van der Waals surface area contributed by atoms with Crippen LogP contribution in [0.4, 0.5) is 11.4 Å². The third kappa shape index (κ3) is 4.06. The van der Waals surface area contributed by atoms with E-state index in [1.807, 2.05) is 36.4 Å². The highest BCUT2D eigenvalue weighted by Crippen LogP contribution is 2.27. The predicted octanol–water partition coefficient (Wildman–Crippen LogP) is 4.60. The van der Waals surface area contributed by atoms with Gasteiger partial charge in [-0.15, -0.1) is 0 Å². The van der Waals surface area contributed by atoms with Crippen LogP contribution in [0.2, 0.25) is 0 Å². The van der Waals surface area contributed by atoms with Crippen LogP contribution in [-0.2, 0) is 4.79 Å². The van der Waals surface area contributed by atoms with Gasteiger partial charge in [0.05, 0.1) is 0 Å². The Morgan fingerprint density at radius 1 is 1.04 bits per heavy atom. The molecule has 0 radical (unpaired) electrons. The number of hydrogen-bond acceptors (Lipinski definition) is 5. The maximum absolute atomic E-state index is 11.1. The van der Waals surface area contributed by atoms with Crippen molar-refractivity contribution >= 4 is 17.3 Å². The van der Waals surface area contributed by atoms with Crippen molar-refractivity contribution in [3.8, 4) is 22.8 Å². The monoisotopic (exact) mass is 376 g/mol. The van der Waals surface area contributed by atoms with E-state index in [1.165, 1.54) is 25.5 Å². The second-order valence-electron chi connectivity index (χ2n) is 7.40. The van der Waals surface area contributed by atoms with Crippen molar-refractivity contribution in [2.24, 2.45) is 5.92 Å². The zero-order chi connectivity index (χ0) is 19.5. The summed E-state index contributed by atoms with van der Waals surface area (Å²) >= 11 is 0. The lowest BCUT2D eigenvalue weighted by Crippen LogP contribution is -2.32. The van der Waals surface area contributed by atoms with Gasteiger partial charge in [-0.25, -0.2) is 0 Å². The molecule has 6 heteroatoms. The Hall–Kier alpha value is -3.15. The summed E-state index contributed by atoms with van der Waals surface area (Å²) in [6.45, 7) is 6.03. The maximum atomic E-state index is 11.1. The van der Waals surface area contributed by atoms with Crippen molar-refractivity contribution in [3.63, 3.8) is 0 Å². The summed E-state index contributed by atoms with van der Waals surface area (Å²) in [4.78, 5) is 18.1. The third-order valence-electron chi connectivity index (χ3n) is 5.15. The van der Waals surface area contributed by atoms with Crippen LogP contribution in [0.25, 0.3) is 22.8 Å². The maximum Gasteiger partial charge on any atom is 0.258 e. The van der Waals surface area contributed by atoms with E-state index in [2.05, 4.69) is 39.4 Å². The second-order valence-corrected chi connectivity index (χ2v) is 7.40. The molecule has 0 spiro atoms. The molecule has 0 saturated carbocycles. The zero-order valence-corrected chi connectivity index (χ0v) is 16.2. The van der Waals surface area contributed by atoms with Gasteiger partial charge in [0.1, 0.15) is 0 Å². The number of nitrogens with one attached hydrogen (secondary N) is 1. The average molecular weight is 376 g/mol. The zero-order valence-electron chi connectivity index (χ0n) is 16.2. The molecule has 28 heavy (non-hydrogen) atoms. The molecule has 1 N–H and O–H groups in total. The number of aromatic nitrogens is 2. The first-order chi connectivity index (χ1) is 13.6. The Labute approximate surface area is 164 Å². The molecule has 0 aliphatic carbocycles. The van der Waals surface area contributed by atoms with Crippen LogP contribution in [0.15, 0.2) is 53.1 Å². The van der Waals surface area contributed by atoms with Crippen molar-refractivity contribution in [3.05, 3.63) is 48.5 Å². The Morgan fingerprint density at radius 3 is 2.32 bits per heavy atom. The third-order valence-corrected chi connectivity index (χ3v) is 5.15. The summed E-state index contributed by atoms with van der Waals surface area (Å²) < 4.78 is 5.43. The Morgan fingerprint density at radius 2 is 1.68 bits per heavy atom. The lowest BCUT2D eigenvalue weighted by atomic mass is 9.98. The van der Waals surface area contributed by atoms with Gasteiger partial charge in [-0.2, -0.15) is 4.98 Å². The molecule has 6 nitrogen and oxygen atoms in total. The number of piperidine rings is 1. The van der Waals surface area contributed by atoms with Crippen LogP contribution in [-0.4, -0.2) is 29.1 Å². The van der Waals surface area contributed by atoms with Crippen LogP contribution >= 0.6 is 0 Å². The highest BCUT2D eigenvalue weighted by Gasteiger charge is 2.16. The molecule has 1 aromatic heterocycles. The topological polar surface area (TPSA) is 71.3 Å². The van der Waals surface area contributed by atoms with E-state index in [-0.39, 0.29) is 5.91 Å². The van der Waals surface area contributed by atoms with Crippen molar-refractivity contribution < 1.29 is 9.32 Å². The number of carbonyl (C=O) groups excluding carboxylic acids is 1. The SMILES string of the molecule is CC(=O)Nc1ccc(-c2nc(-c3ccc(N4CCC(C)CC4)cc3)no2)cc1. The summed E-state index contributed by atoms with van der Waals surface area (Å²) in [6.07, 6.45) is 2.49. The first-order valence-electron chi connectivity index (χ1n) is 9.65. The van der Waals surface area contributed by atoms with E-state index in [4.69, 9.17) is 4.52 Å². The highest BCUT2D eigenvalue weighted by molar-refractivity contribution is 5.88. The van der Waals surface area contributed by atoms with Gasteiger partial charge in [-0.3, -0.25) is 4.79 Å². The number of nitrogens with zero attached hydrogens (tertiary/aromatic N) is 3. The standard InChI is InChI=1S/C22H24N4O2/c1-15-11-13-26(14-12-15)20-9-5-17(6-10-20)21-24-22(28-25-21)18-3-7-19(8-4-18)23-16(2)27/h3-10,15H,11-14H2,1-2H3,(H,23,27). The first kappa shape index (κ1) is 18.2. The van der Waals surface area contributed by atoms with Gasteiger partial charge in [0.25, 0.3) is 5.89 Å². The fraction of sp³-hybridized carbons (Fsp3) is 0.318. The van der Waals surface area contributed by atoms with E-state index in [0.717, 1.165) is 35.8 Å². The lowest BCUT2D eigenvalue weighted by Gasteiger charge is -2.32. The number of amides is 1. The molecule has 0 atom stereocenters. The minimum Gasteiger partial charge on any atom is -0.372 e. The number of benzene rings is 2. The largest absolute Gasteiger partial charge is 0.372 e. The van der Waals surface area contributed by atoms with Gasteiger partial charge in [-0.05, 0) is 67.3 Å².